The van der Waals surface area contributed by atoms with E-state index in [1.165, 1.54) is 12.1 Å². The molecule has 0 saturated heterocycles. The Morgan fingerprint density at radius 1 is 1.04 bits per heavy atom. The lowest BCUT2D eigenvalue weighted by Gasteiger charge is -2.20. The smallest absolute Gasteiger partial charge is 0.412 e. The highest BCUT2D eigenvalue weighted by atomic mass is 19.1. The van der Waals surface area contributed by atoms with Gasteiger partial charge in [0.1, 0.15) is 11.4 Å². The quantitative estimate of drug-likeness (QED) is 0.725. The molecule has 150 valence electrons. The molecule has 0 spiro atoms. The maximum Gasteiger partial charge on any atom is 0.412 e. The van der Waals surface area contributed by atoms with Crippen molar-refractivity contribution in [2.24, 2.45) is 5.41 Å². The van der Waals surface area contributed by atoms with Gasteiger partial charge in [-0.25, -0.2) is 9.18 Å². The number of hydrogen-bond acceptors (Lipinski definition) is 4. The van der Waals surface area contributed by atoms with Gasteiger partial charge in [0.05, 0.1) is 5.69 Å². The zero-order valence-corrected chi connectivity index (χ0v) is 16.7. The summed E-state index contributed by atoms with van der Waals surface area (Å²) < 4.78 is 18.9. The molecule has 1 aromatic carbocycles. The predicted octanol–water partition coefficient (Wildman–Crippen LogP) is 3.66. The third-order valence-corrected chi connectivity index (χ3v) is 3.20. The highest BCUT2D eigenvalue weighted by Gasteiger charge is 2.21. The molecule has 1 rings (SSSR count). The first-order chi connectivity index (χ1) is 12.3. The van der Waals surface area contributed by atoms with Crippen LogP contribution >= 0.6 is 0 Å². The lowest BCUT2D eigenvalue weighted by molar-refractivity contribution is -0.128. The van der Waals surface area contributed by atoms with Crippen molar-refractivity contribution in [2.45, 2.75) is 53.6 Å². The van der Waals surface area contributed by atoms with Crippen molar-refractivity contribution in [1.82, 2.24) is 5.32 Å². The molecule has 0 aliphatic rings. The number of amides is 3. The Kier molecular flexibility index (Phi) is 7.33. The van der Waals surface area contributed by atoms with E-state index in [0.717, 1.165) is 6.07 Å². The Morgan fingerprint density at radius 3 is 2.22 bits per heavy atom. The van der Waals surface area contributed by atoms with Gasteiger partial charge in [0, 0.05) is 24.1 Å². The van der Waals surface area contributed by atoms with Crippen molar-refractivity contribution in [3.63, 3.8) is 0 Å². The molecule has 8 heteroatoms. The van der Waals surface area contributed by atoms with E-state index in [4.69, 9.17) is 4.74 Å². The van der Waals surface area contributed by atoms with Gasteiger partial charge in [-0.3, -0.25) is 14.9 Å². The van der Waals surface area contributed by atoms with E-state index in [1.807, 2.05) is 0 Å². The van der Waals surface area contributed by atoms with Crippen LogP contribution in [-0.2, 0) is 14.3 Å². The second kappa shape index (κ2) is 8.83. The number of hydrogen-bond donors (Lipinski definition) is 3. The van der Waals surface area contributed by atoms with Crippen LogP contribution in [0.4, 0.5) is 20.6 Å². The van der Waals surface area contributed by atoms with Crippen molar-refractivity contribution in [3.8, 4) is 0 Å². The van der Waals surface area contributed by atoms with Gasteiger partial charge in [-0.1, -0.05) is 20.8 Å². The first-order valence-corrected chi connectivity index (χ1v) is 8.65. The Balaban J connectivity index is 2.62. The van der Waals surface area contributed by atoms with Gasteiger partial charge < -0.3 is 15.4 Å². The average Bonchev–Trinajstić information content (AvgIpc) is 2.47. The number of carbonyl (C=O) groups excluding carboxylic acids is 3. The second-order valence-corrected chi connectivity index (χ2v) is 8.13. The van der Waals surface area contributed by atoms with Gasteiger partial charge in [0.15, 0.2) is 0 Å². The number of anilines is 2. The summed E-state index contributed by atoms with van der Waals surface area (Å²) in [5, 5.41) is 7.58. The van der Waals surface area contributed by atoms with E-state index in [9.17, 15) is 18.8 Å². The fourth-order valence-corrected chi connectivity index (χ4v) is 1.89. The molecule has 1 aromatic rings. The van der Waals surface area contributed by atoms with Crippen LogP contribution < -0.4 is 16.0 Å². The Hall–Kier alpha value is -2.64. The van der Waals surface area contributed by atoms with Gasteiger partial charge in [-0.15, -0.1) is 0 Å². The van der Waals surface area contributed by atoms with Crippen LogP contribution in [0.2, 0.25) is 0 Å². The number of benzene rings is 1. The first kappa shape index (κ1) is 22.4. The maximum absolute atomic E-state index is 13.9. The highest BCUT2D eigenvalue weighted by molar-refractivity contribution is 5.93. The van der Waals surface area contributed by atoms with Crippen LogP contribution in [0.25, 0.3) is 0 Å². The fourth-order valence-electron chi connectivity index (χ4n) is 1.89. The molecule has 0 unspecified atom stereocenters. The van der Waals surface area contributed by atoms with Crippen molar-refractivity contribution in [2.75, 3.05) is 17.2 Å². The van der Waals surface area contributed by atoms with Crippen LogP contribution in [-0.4, -0.2) is 30.1 Å². The Labute approximate surface area is 159 Å². The summed E-state index contributed by atoms with van der Waals surface area (Å²) >= 11 is 0. The van der Waals surface area contributed by atoms with E-state index >= 15 is 0 Å². The zero-order valence-electron chi connectivity index (χ0n) is 16.7. The fraction of sp³-hybridized carbons (Fsp3) is 0.526. The van der Waals surface area contributed by atoms with Crippen molar-refractivity contribution in [1.29, 1.82) is 0 Å². The topological polar surface area (TPSA) is 96.5 Å². The van der Waals surface area contributed by atoms with E-state index < -0.39 is 22.9 Å². The Morgan fingerprint density at radius 2 is 1.67 bits per heavy atom. The molecule has 27 heavy (non-hydrogen) atoms. The van der Waals surface area contributed by atoms with Gasteiger partial charge >= 0.3 is 6.09 Å². The number of halogens is 1. The van der Waals surface area contributed by atoms with E-state index in [1.54, 1.807) is 41.5 Å². The summed E-state index contributed by atoms with van der Waals surface area (Å²) in [6.07, 6.45) is -0.733. The van der Waals surface area contributed by atoms with Crippen LogP contribution in [0.3, 0.4) is 0 Å². The molecule has 7 nitrogen and oxygen atoms in total. The standard InChI is InChI=1S/C19H28FN3O4/c1-18(2,3)16(25)21-10-9-15(24)22-12-7-8-13(20)14(11-12)23-17(26)27-19(4,5)6/h7-8,11H,9-10H2,1-6H3,(H,21,25)(H,22,24)(H,23,26). The Bertz CT molecular complexity index is 706. The van der Waals surface area contributed by atoms with E-state index in [0.29, 0.717) is 5.69 Å². The SMILES string of the molecule is CC(C)(C)OC(=O)Nc1cc(NC(=O)CCNC(=O)C(C)(C)C)ccc1F. The zero-order chi connectivity index (χ0) is 20.8. The van der Waals surface area contributed by atoms with Crippen molar-refractivity contribution >= 4 is 29.3 Å². The molecule has 0 aromatic heterocycles. The summed E-state index contributed by atoms with van der Waals surface area (Å²) in [7, 11) is 0. The monoisotopic (exact) mass is 381 g/mol. The van der Waals surface area contributed by atoms with Crippen LogP contribution in [0, 0.1) is 11.2 Å². The molecule has 0 heterocycles. The van der Waals surface area contributed by atoms with E-state index in [2.05, 4.69) is 16.0 Å². The minimum absolute atomic E-state index is 0.0635. The lowest BCUT2D eigenvalue weighted by Crippen LogP contribution is -2.36. The molecule has 3 N–H and O–H groups in total. The third kappa shape index (κ3) is 8.52. The molecule has 0 fully saturated rings. The normalized spacial score (nSPS) is 11.5. The molecule has 0 aliphatic heterocycles. The largest absolute Gasteiger partial charge is 0.444 e. The summed E-state index contributed by atoms with van der Waals surface area (Å²) in [4.78, 5) is 35.5. The predicted molar refractivity (Wildman–Crippen MR) is 102 cm³/mol. The lowest BCUT2D eigenvalue weighted by atomic mass is 9.96. The van der Waals surface area contributed by atoms with Gasteiger partial charge in [-0.2, -0.15) is 0 Å². The molecular formula is C19H28FN3O4. The first-order valence-electron chi connectivity index (χ1n) is 8.65. The van der Waals surface area contributed by atoms with Crippen LogP contribution in [0.1, 0.15) is 48.0 Å². The highest BCUT2D eigenvalue weighted by Crippen LogP contribution is 2.21. The summed E-state index contributed by atoms with van der Waals surface area (Å²) in [6.45, 7) is 10.6. The minimum Gasteiger partial charge on any atom is -0.444 e. The molecule has 0 saturated carbocycles. The second-order valence-electron chi connectivity index (χ2n) is 8.13. The van der Waals surface area contributed by atoms with E-state index in [-0.39, 0.29) is 30.5 Å². The van der Waals surface area contributed by atoms with Crippen LogP contribution in [0.15, 0.2) is 18.2 Å². The van der Waals surface area contributed by atoms with Gasteiger partial charge in [-0.05, 0) is 39.0 Å². The maximum atomic E-state index is 13.9. The van der Waals surface area contributed by atoms with Crippen LogP contribution in [0.5, 0.6) is 0 Å². The van der Waals surface area contributed by atoms with Crippen molar-refractivity contribution < 1.29 is 23.5 Å². The average molecular weight is 381 g/mol. The molecule has 0 atom stereocenters. The number of carbonyl (C=O) groups is 3. The summed E-state index contributed by atoms with van der Waals surface area (Å²) in [5.41, 5.74) is -1.04. The molecule has 0 bridgehead atoms. The third-order valence-electron chi connectivity index (χ3n) is 3.20. The molecular weight excluding hydrogens is 353 g/mol. The van der Waals surface area contributed by atoms with Gasteiger partial charge in [0.2, 0.25) is 11.8 Å². The summed E-state index contributed by atoms with van der Waals surface area (Å²) in [6, 6.07) is 3.80. The molecule has 0 radical (unpaired) electrons. The minimum atomic E-state index is -0.797. The summed E-state index contributed by atoms with van der Waals surface area (Å²) in [5.74, 6) is -1.16. The molecule has 0 aliphatic carbocycles. The number of rotatable bonds is 5. The number of ether oxygens (including phenoxy) is 1. The molecule has 3 amide bonds. The van der Waals surface area contributed by atoms with Gasteiger partial charge in [0.25, 0.3) is 0 Å². The van der Waals surface area contributed by atoms with Crippen molar-refractivity contribution in [3.05, 3.63) is 24.0 Å². The number of nitrogens with one attached hydrogen (secondary N) is 3.